The number of aryl methyl sites for hydroxylation is 3. The van der Waals surface area contributed by atoms with Crippen LogP contribution < -0.4 is 0 Å². The standard InChI is InChI=1S/C21H26O2.C14H26.C9H12O.C5H12.C3H6O.3C2H6/c1-12-8-18(21-14(3)9-19(23)10-15(21)4)11-20(17(12)6)13(2)7-16(5)22;1-2-3-4-5-8-13-11-14(12-13)9-6-7-10-14;1-4-5-6-9(7-10)8(2)3;1-4-5(2)3;1-2-3-4;3*1-2/h8-11,13,22-23H,5,7H2,1-4,6H3;13H,2-12H2,1H3;4-7H,2H2,1,3H3;5H,4H2,1-3H3;3H,2H2,1H3;3*1-2H3/b;;5-4-,9-6-;;;;;/t13-;;;;;;;/m0......./s1. The van der Waals surface area contributed by atoms with Crippen LogP contribution in [0.5, 0.6) is 5.75 Å². The molecule has 2 fully saturated rings. The topological polar surface area (TPSA) is 74.6 Å². The van der Waals surface area contributed by atoms with Gasteiger partial charge in [-0.15, -0.1) is 0 Å². The highest BCUT2D eigenvalue weighted by atomic mass is 16.3. The summed E-state index contributed by atoms with van der Waals surface area (Å²) in [5.74, 6) is 2.75. The number of hydrogen-bond acceptors (Lipinski definition) is 4. The zero-order valence-electron chi connectivity index (χ0n) is 44.0. The summed E-state index contributed by atoms with van der Waals surface area (Å²) in [6, 6.07) is 8.01. The molecule has 2 saturated carbocycles. The Kier molecular flexibility index (Phi) is 42.1. The minimum absolute atomic E-state index is 0.212. The molecule has 2 aromatic rings. The lowest BCUT2D eigenvalue weighted by Crippen LogP contribution is -2.34. The van der Waals surface area contributed by atoms with Crippen LogP contribution in [0.4, 0.5) is 0 Å². The molecule has 1 spiro atoms. The van der Waals surface area contributed by atoms with Crippen molar-refractivity contribution in [3.8, 4) is 16.9 Å². The third-order valence-electron chi connectivity index (χ3n) is 11.2. The summed E-state index contributed by atoms with van der Waals surface area (Å²) in [6.07, 6.45) is 26.4. The second kappa shape index (κ2) is 40.1. The molecular formula is C58H100O4. The molecule has 4 heteroatoms. The van der Waals surface area contributed by atoms with Crippen molar-refractivity contribution in [2.45, 2.75) is 220 Å². The molecule has 2 aliphatic rings. The Labute approximate surface area is 385 Å². The number of aliphatic hydroxyl groups is 1. The third kappa shape index (κ3) is 28.1. The van der Waals surface area contributed by atoms with Crippen LogP contribution in [0.3, 0.4) is 0 Å². The van der Waals surface area contributed by atoms with Gasteiger partial charge in [-0.3, -0.25) is 4.79 Å². The Bertz CT molecular complexity index is 1500. The number of aromatic hydroxyl groups is 1. The van der Waals surface area contributed by atoms with Crippen molar-refractivity contribution >= 4 is 12.6 Å². The maximum Gasteiger partial charge on any atom is 0.150 e. The van der Waals surface area contributed by atoms with Crippen LogP contribution in [0.1, 0.15) is 221 Å². The van der Waals surface area contributed by atoms with E-state index in [2.05, 4.69) is 73.8 Å². The van der Waals surface area contributed by atoms with Crippen LogP contribution in [0.25, 0.3) is 11.1 Å². The number of unbranched alkanes of at least 4 members (excludes halogenated alkanes) is 3. The summed E-state index contributed by atoms with van der Waals surface area (Å²) < 4.78 is 0. The lowest BCUT2D eigenvalue weighted by molar-refractivity contribution is -0.107. The van der Waals surface area contributed by atoms with Crippen molar-refractivity contribution in [3.63, 3.8) is 0 Å². The average Bonchev–Trinajstić information content (AvgIpc) is 3.73. The Morgan fingerprint density at radius 2 is 1.32 bits per heavy atom. The van der Waals surface area contributed by atoms with E-state index in [1.807, 2.05) is 88.3 Å². The van der Waals surface area contributed by atoms with Crippen LogP contribution in [0.15, 0.2) is 72.6 Å². The zero-order chi connectivity index (χ0) is 48.8. The summed E-state index contributed by atoms with van der Waals surface area (Å²) in [5, 5.41) is 19.3. The first-order chi connectivity index (χ1) is 29.5. The second-order valence-corrected chi connectivity index (χ2v) is 16.9. The van der Waals surface area contributed by atoms with Gasteiger partial charge in [0.25, 0.3) is 0 Å². The predicted octanol–water partition coefficient (Wildman–Crippen LogP) is 18.8. The minimum Gasteiger partial charge on any atom is -0.513 e. The summed E-state index contributed by atoms with van der Waals surface area (Å²) in [7, 11) is 0. The van der Waals surface area contributed by atoms with Gasteiger partial charge in [-0.25, -0.2) is 0 Å². The quantitative estimate of drug-likeness (QED) is 0.0652. The molecule has 2 aliphatic carbocycles. The van der Waals surface area contributed by atoms with Gasteiger partial charge in [0.15, 0.2) is 0 Å². The molecule has 356 valence electrons. The first kappa shape index (κ1) is 65.0. The van der Waals surface area contributed by atoms with E-state index in [-0.39, 0.29) is 11.7 Å². The van der Waals surface area contributed by atoms with Gasteiger partial charge in [0.1, 0.15) is 18.3 Å². The molecule has 62 heavy (non-hydrogen) atoms. The maximum atomic E-state index is 10.3. The molecule has 2 aromatic carbocycles. The van der Waals surface area contributed by atoms with Gasteiger partial charge in [0, 0.05) is 18.4 Å². The van der Waals surface area contributed by atoms with Crippen molar-refractivity contribution in [1.29, 1.82) is 0 Å². The smallest absolute Gasteiger partial charge is 0.150 e. The van der Waals surface area contributed by atoms with E-state index in [1.54, 1.807) is 50.3 Å². The third-order valence-corrected chi connectivity index (χ3v) is 11.2. The van der Waals surface area contributed by atoms with Gasteiger partial charge < -0.3 is 15.0 Å². The molecule has 0 aliphatic heterocycles. The minimum atomic E-state index is 0.212. The van der Waals surface area contributed by atoms with Crippen molar-refractivity contribution < 1.29 is 19.8 Å². The van der Waals surface area contributed by atoms with E-state index in [0.29, 0.717) is 24.2 Å². The summed E-state index contributed by atoms with van der Waals surface area (Å²) in [5.41, 5.74) is 10.5. The van der Waals surface area contributed by atoms with Gasteiger partial charge in [0.2, 0.25) is 0 Å². The fourth-order valence-electron chi connectivity index (χ4n) is 7.65. The number of phenols is 1. The lowest BCUT2D eigenvalue weighted by atomic mass is 9.60. The molecule has 0 aromatic heterocycles. The molecular weight excluding hydrogens is 761 g/mol. The summed E-state index contributed by atoms with van der Waals surface area (Å²) in [4.78, 5) is 19.5. The SMILES string of the molecule is C=C(C)/C(C=O)=C\C=C/C.C=C(O)C[C@H](C)c1cc(-c2c(C)cc(O)cc2C)cc(C)c1C.CC.CC.CC.CCC(C)C.CCC=O.CCCCCCC1CC2(CCCC2)C1. The van der Waals surface area contributed by atoms with Crippen LogP contribution in [0, 0.1) is 44.9 Å². The highest BCUT2D eigenvalue weighted by Crippen LogP contribution is 2.57. The number of carbonyl (C=O) groups excluding carboxylic acids is 2. The number of aldehydes is 2. The molecule has 0 radical (unpaired) electrons. The van der Waals surface area contributed by atoms with Crippen molar-refractivity contribution in [1.82, 2.24) is 0 Å². The van der Waals surface area contributed by atoms with Gasteiger partial charge in [0.05, 0.1) is 5.76 Å². The lowest BCUT2D eigenvalue weighted by Gasteiger charge is -2.46. The van der Waals surface area contributed by atoms with E-state index in [0.717, 1.165) is 52.1 Å². The van der Waals surface area contributed by atoms with Crippen molar-refractivity contribution in [2.24, 2.45) is 17.3 Å². The van der Waals surface area contributed by atoms with Crippen molar-refractivity contribution in [3.05, 3.63) is 100 Å². The second-order valence-electron chi connectivity index (χ2n) is 16.9. The van der Waals surface area contributed by atoms with E-state index < -0.39 is 0 Å². The fourth-order valence-corrected chi connectivity index (χ4v) is 7.65. The van der Waals surface area contributed by atoms with Crippen molar-refractivity contribution in [2.75, 3.05) is 0 Å². The molecule has 0 bridgehead atoms. The Morgan fingerprint density at radius 1 is 0.823 bits per heavy atom. The molecule has 0 saturated heterocycles. The van der Waals surface area contributed by atoms with E-state index in [1.165, 1.54) is 67.2 Å². The number of allylic oxidation sites excluding steroid dienone is 6. The molecule has 2 N–H and O–H groups in total. The van der Waals surface area contributed by atoms with E-state index in [4.69, 9.17) is 0 Å². The molecule has 1 atom stereocenters. The number of carbonyl (C=O) groups is 2. The normalized spacial score (nSPS) is 13.7. The van der Waals surface area contributed by atoms with Gasteiger partial charge >= 0.3 is 0 Å². The number of benzene rings is 2. The zero-order valence-corrected chi connectivity index (χ0v) is 44.0. The van der Waals surface area contributed by atoms with Gasteiger partial charge in [-0.1, -0.05) is 178 Å². The Morgan fingerprint density at radius 3 is 1.71 bits per heavy atom. The highest BCUT2D eigenvalue weighted by Gasteiger charge is 2.44. The molecule has 0 amide bonds. The number of phenolic OH excluding ortho intramolecular Hbond substituents is 1. The maximum absolute atomic E-state index is 10.3. The average molecular weight is 861 g/mol. The first-order valence-corrected chi connectivity index (χ1v) is 24.6. The largest absolute Gasteiger partial charge is 0.513 e. The number of aliphatic hydroxyl groups excluding tert-OH is 1. The molecule has 4 nitrogen and oxygen atoms in total. The Hall–Kier alpha value is -3.66. The van der Waals surface area contributed by atoms with Crippen LogP contribution in [0.2, 0.25) is 0 Å². The number of hydrogen-bond donors (Lipinski definition) is 2. The van der Waals surface area contributed by atoms with E-state index in [9.17, 15) is 19.8 Å². The number of rotatable bonds is 14. The Balaban J connectivity index is -0.000000369. The summed E-state index contributed by atoms with van der Waals surface area (Å²) >= 11 is 0. The summed E-state index contributed by atoms with van der Waals surface area (Å²) in [6.45, 7) is 44.1. The van der Waals surface area contributed by atoms with Gasteiger partial charge in [-0.05, 0) is 147 Å². The molecule has 4 rings (SSSR count). The van der Waals surface area contributed by atoms with Crippen LogP contribution in [-0.4, -0.2) is 22.8 Å². The molecule has 0 unspecified atom stereocenters. The first-order valence-electron chi connectivity index (χ1n) is 24.6. The predicted molar refractivity (Wildman–Crippen MR) is 279 cm³/mol. The van der Waals surface area contributed by atoms with Crippen LogP contribution in [-0.2, 0) is 9.59 Å². The monoisotopic (exact) mass is 861 g/mol. The molecule has 0 heterocycles. The van der Waals surface area contributed by atoms with Crippen LogP contribution >= 0.6 is 0 Å². The highest BCUT2D eigenvalue weighted by molar-refractivity contribution is 5.80. The van der Waals surface area contributed by atoms with E-state index >= 15 is 0 Å². The van der Waals surface area contributed by atoms with Gasteiger partial charge in [-0.2, -0.15) is 0 Å². The fraction of sp³-hybridized carbons (Fsp3) is 0.621.